The van der Waals surface area contributed by atoms with Gasteiger partial charge in [-0.1, -0.05) is 55.1 Å². The van der Waals surface area contributed by atoms with Gasteiger partial charge in [-0.2, -0.15) is 0 Å². The molecule has 0 unspecified atom stereocenters. The van der Waals surface area contributed by atoms with Gasteiger partial charge in [0.1, 0.15) is 23.4 Å². The molecular formula is C32H33N5O5S. The van der Waals surface area contributed by atoms with E-state index >= 15 is 0 Å². The maximum atomic E-state index is 13.7. The number of aliphatic imine (C=N–C) groups is 2. The first-order valence-electron chi connectivity index (χ1n) is 14.0. The predicted octanol–water partition coefficient (Wildman–Crippen LogP) is 4.91. The lowest BCUT2D eigenvalue weighted by molar-refractivity contribution is -0.125. The highest BCUT2D eigenvalue weighted by Crippen LogP contribution is 2.36. The monoisotopic (exact) mass is 599 g/mol. The number of nitrogens with zero attached hydrogens (tertiary/aromatic N) is 3. The fourth-order valence-electron chi connectivity index (χ4n) is 4.84. The van der Waals surface area contributed by atoms with Gasteiger partial charge in [-0.25, -0.2) is 9.89 Å². The summed E-state index contributed by atoms with van der Waals surface area (Å²) < 4.78 is 10.6. The SMILES string of the molecule is CC[C@H](SC1=Nc2ccccc2C2=N[C@H](CCC(=O)NCc3ccccc3OC)C(=O)N12)C(=O)Nc1cccc(OC)c1. The minimum Gasteiger partial charge on any atom is -0.497 e. The van der Waals surface area contributed by atoms with E-state index < -0.39 is 11.3 Å². The van der Waals surface area contributed by atoms with E-state index in [0.29, 0.717) is 46.8 Å². The quantitative estimate of drug-likeness (QED) is 0.323. The van der Waals surface area contributed by atoms with Crippen molar-refractivity contribution in [1.29, 1.82) is 0 Å². The fraction of sp³-hybridized carbons (Fsp3) is 0.281. The third-order valence-corrected chi connectivity index (χ3v) is 8.43. The van der Waals surface area contributed by atoms with Gasteiger partial charge in [-0.05, 0) is 43.2 Å². The summed E-state index contributed by atoms with van der Waals surface area (Å²) in [6.45, 7) is 2.23. The van der Waals surface area contributed by atoms with Gasteiger partial charge in [0.25, 0.3) is 5.91 Å². The molecule has 5 rings (SSSR count). The first-order valence-corrected chi connectivity index (χ1v) is 14.9. The second-order valence-electron chi connectivity index (χ2n) is 9.92. The lowest BCUT2D eigenvalue weighted by atomic mass is 10.1. The molecule has 0 saturated carbocycles. The van der Waals surface area contributed by atoms with Crippen molar-refractivity contribution >= 4 is 51.9 Å². The smallest absolute Gasteiger partial charge is 0.259 e. The molecular weight excluding hydrogens is 566 g/mol. The van der Waals surface area contributed by atoms with E-state index in [1.54, 1.807) is 38.5 Å². The van der Waals surface area contributed by atoms with E-state index in [9.17, 15) is 14.4 Å². The summed E-state index contributed by atoms with van der Waals surface area (Å²) in [5, 5.41) is 5.70. The van der Waals surface area contributed by atoms with Gasteiger partial charge >= 0.3 is 0 Å². The van der Waals surface area contributed by atoms with Crippen molar-refractivity contribution in [3.05, 3.63) is 83.9 Å². The standard InChI is InChI=1S/C32H33N5O5S/c1-4-27(30(39)34-21-11-9-12-22(18-21)41-2)43-32-36-24-14-7-6-13-23(24)29-35-25(31(40)37(29)32)16-17-28(38)33-19-20-10-5-8-15-26(20)42-3/h5-15,18,25,27H,4,16-17,19H2,1-3H3,(H,33,38)(H,34,39)/t25-,27+/m1/s1. The first kappa shape index (κ1) is 29.8. The molecule has 0 bridgehead atoms. The molecule has 222 valence electrons. The van der Waals surface area contributed by atoms with Crippen LogP contribution < -0.4 is 20.1 Å². The molecule has 0 radical (unpaired) electrons. The summed E-state index contributed by atoms with van der Waals surface area (Å²) in [6.07, 6.45) is 0.869. The van der Waals surface area contributed by atoms with Crippen molar-refractivity contribution in [1.82, 2.24) is 10.2 Å². The second-order valence-corrected chi connectivity index (χ2v) is 11.1. The zero-order valence-corrected chi connectivity index (χ0v) is 25.0. The van der Waals surface area contributed by atoms with Crippen molar-refractivity contribution in [3.63, 3.8) is 0 Å². The average molecular weight is 600 g/mol. The van der Waals surface area contributed by atoms with Gasteiger partial charge in [0.15, 0.2) is 5.17 Å². The highest BCUT2D eigenvalue weighted by molar-refractivity contribution is 8.15. The average Bonchev–Trinajstić information content (AvgIpc) is 3.37. The van der Waals surface area contributed by atoms with E-state index in [1.165, 1.54) is 16.7 Å². The number of methoxy groups -OCH3 is 2. The number of benzene rings is 3. The number of rotatable bonds is 11. The van der Waals surface area contributed by atoms with Crippen LogP contribution >= 0.6 is 11.8 Å². The number of hydrogen-bond donors (Lipinski definition) is 2. The predicted molar refractivity (Wildman–Crippen MR) is 168 cm³/mol. The molecule has 2 N–H and O–H groups in total. The second kappa shape index (κ2) is 13.6. The maximum absolute atomic E-state index is 13.7. The van der Waals surface area contributed by atoms with Crippen LogP contribution in [0.5, 0.6) is 11.5 Å². The molecule has 2 aliphatic rings. The molecule has 10 nitrogen and oxygen atoms in total. The van der Waals surface area contributed by atoms with Crippen LogP contribution in [0, 0.1) is 0 Å². The number of thioether (sulfide) groups is 1. The third-order valence-electron chi connectivity index (χ3n) is 7.11. The fourth-order valence-corrected chi connectivity index (χ4v) is 5.86. The summed E-state index contributed by atoms with van der Waals surface area (Å²) in [4.78, 5) is 50.7. The van der Waals surface area contributed by atoms with Crippen molar-refractivity contribution < 1.29 is 23.9 Å². The highest BCUT2D eigenvalue weighted by Gasteiger charge is 2.42. The van der Waals surface area contributed by atoms with Gasteiger partial charge < -0.3 is 20.1 Å². The number of para-hydroxylation sites is 2. The van der Waals surface area contributed by atoms with Crippen molar-refractivity contribution in [3.8, 4) is 11.5 Å². The van der Waals surface area contributed by atoms with Gasteiger partial charge in [-0.15, -0.1) is 0 Å². The van der Waals surface area contributed by atoms with Gasteiger partial charge in [-0.3, -0.25) is 19.4 Å². The zero-order chi connectivity index (χ0) is 30.3. The largest absolute Gasteiger partial charge is 0.497 e. The van der Waals surface area contributed by atoms with Gasteiger partial charge in [0, 0.05) is 35.8 Å². The molecule has 0 saturated heterocycles. The number of fused-ring (bicyclic) bond motifs is 3. The molecule has 3 aromatic rings. The van der Waals surface area contributed by atoms with E-state index in [2.05, 4.69) is 10.6 Å². The molecule has 0 aliphatic carbocycles. The number of anilines is 1. The molecule has 2 heterocycles. The Labute approximate surface area is 254 Å². The minimum absolute atomic E-state index is 0.123. The Bertz CT molecular complexity index is 1590. The number of hydrogen-bond acceptors (Lipinski definition) is 8. The zero-order valence-electron chi connectivity index (χ0n) is 24.2. The number of ether oxygens (including phenoxy) is 2. The molecule has 43 heavy (non-hydrogen) atoms. The molecule has 11 heteroatoms. The Morgan fingerprint density at radius 1 is 1.02 bits per heavy atom. The molecule has 2 atom stereocenters. The molecule has 3 amide bonds. The normalized spacial score (nSPS) is 15.9. The van der Waals surface area contributed by atoms with Crippen LogP contribution in [0.4, 0.5) is 11.4 Å². The Hall–Kier alpha value is -4.64. The van der Waals surface area contributed by atoms with Crippen LogP contribution in [0.3, 0.4) is 0 Å². The lowest BCUT2D eigenvalue weighted by Gasteiger charge is -2.27. The molecule has 3 aromatic carbocycles. The molecule has 0 aromatic heterocycles. The number of carbonyl (C=O) groups excluding carboxylic acids is 3. The Kier molecular flexibility index (Phi) is 9.41. The Morgan fingerprint density at radius 3 is 2.60 bits per heavy atom. The molecule has 0 fully saturated rings. The topological polar surface area (TPSA) is 122 Å². The number of carbonyl (C=O) groups is 3. The van der Waals surface area contributed by atoms with Crippen LogP contribution in [0.25, 0.3) is 0 Å². The summed E-state index contributed by atoms with van der Waals surface area (Å²) in [5.74, 6) is 1.15. The third kappa shape index (κ3) is 6.72. The van der Waals surface area contributed by atoms with Crippen molar-refractivity contribution in [2.75, 3.05) is 19.5 Å². The Morgan fingerprint density at radius 2 is 1.81 bits per heavy atom. The highest BCUT2D eigenvalue weighted by atomic mass is 32.2. The van der Waals surface area contributed by atoms with Crippen LogP contribution in [-0.4, -0.2) is 59.1 Å². The minimum atomic E-state index is -0.741. The summed E-state index contributed by atoms with van der Waals surface area (Å²) >= 11 is 1.22. The van der Waals surface area contributed by atoms with Crippen molar-refractivity contribution in [2.45, 2.75) is 44.0 Å². The van der Waals surface area contributed by atoms with Crippen LogP contribution in [-0.2, 0) is 20.9 Å². The lowest BCUT2D eigenvalue weighted by Crippen LogP contribution is -2.42. The molecule has 0 spiro atoms. The number of amides is 3. The van der Waals surface area contributed by atoms with Crippen LogP contribution in [0.1, 0.15) is 37.3 Å². The Balaban J connectivity index is 1.28. The maximum Gasteiger partial charge on any atom is 0.259 e. The van der Waals surface area contributed by atoms with Gasteiger partial charge in [0.2, 0.25) is 11.8 Å². The van der Waals surface area contributed by atoms with Crippen molar-refractivity contribution in [2.24, 2.45) is 9.98 Å². The van der Waals surface area contributed by atoms with Gasteiger partial charge in [0.05, 0.1) is 25.2 Å². The first-order chi connectivity index (χ1) is 20.9. The number of nitrogens with one attached hydrogen (secondary N) is 2. The summed E-state index contributed by atoms with van der Waals surface area (Å²) in [5.41, 5.74) is 2.88. The van der Waals surface area contributed by atoms with Crippen LogP contribution in [0.2, 0.25) is 0 Å². The molecule has 2 aliphatic heterocycles. The van der Waals surface area contributed by atoms with E-state index in [4.69, 9.17) is 19.5 Å². The van der Waals surface area contributed by atoms with Crippen LogP contribution in [0.15, 0.2) is 82.8 Å². The summed E-state index contributed by atoms with van der Waals surface area (Å²) in [6, 6.07) is 21.3. The number of amidine groups is 2. The van der Waals surface area contributed by atoms with E-state index in [-0.39, 0.29) is 30.6 Å². The van der Waals surface area contributed by atoms with E-state index in [1.807, 2.05) is 55.5 Å². The summed E-state index contributed by atoms with van der Waals surface area (Å²) in [7, 11) is 3.16. The van der Waals surface area contributed by atoms with E-state index in [0.717, 1.165) is 11.1 Å².